The Bertz CT molecular complexity index is 2870. The van der Waals surface area contributed by atoms with Gasteiger partial charge in [0, 0.05) is 33.5 Å². The number of fused-ring (bicyclic) bond motifs is 4. The maximum Gasteiger partial charge on any atom is 0.0541 e. The van der Waals surface area contributed by atoms with Gasteiger partial charge in [-0.2, -0.15) is 0 Å². The van der Waals surface area contributed by atoms with Gasteiger partial charge in [-0.1, -0.05) is 152 Å². The molecule has 9 aromatic carbocycles. The van der Waals surface area contributed by atoms with Crippen LogP contribution in [0.3, 0.4) is 0 Å². The first-order valence-electron chi connectivity index (χ1n) is 18.5. The summed E-state index contributed by atoms with van der Waals surface area (Å²) in [7, 11) is 0. The van der Waals surface area contributed by atoms with E-state index in [1.165, 1.54) is 66.0 Å². The highest BCUT2D eigenvalue weighted by atomic mass is 15.1. The van der Waals surface area contributed by atoms with Crippen molar-refractivity contribution in [3.05, 3.63) is 218 Å². The molecule has 1 heterocycles. The molecule has 0 unspecified atom stereocenters. The van der Waals surface area contributed by atoms with E-state index in [1.807, 2.05) is 0 Å². The fourth-order valence-corrected chi connectivity index (χ4v) is 7.90. The molecule has 254 valence electrons. The number of hydrogen-bond donors (Lipinski definition) is 0. The third-order valence-electron chi connectivity index (χ3n) is 10.6. The lowest BCUT2D eigenvalue weighted by Gasteiger charge is -2.26. The topological polar surface area (TPSA) is 8.17 Å². The molecule has 10 aromatic rings. The Morgan fingerprint density at radius 3 is 1.43 bits per heavy atom. The van der Waals surface area contributed by atoms with Crippen LogP contribution in [0, 0.1) is 0 Å². The molecule has 2 heteroatoms. The van der Waals surface area contributed by atoms with Crippen LogP contribution in [-0.4, -0.2) is 4.57 Å². The van der Waals surface area contributed by atoms with Crippen LogP contribution in [0.5, 0.6) is 0 Å². The molecule has 10 rings (SSSR count). The SMILES string of the molecule is c1ccc(-c2cccc(N(c3ccc(-c4cccc(-n5c6ccccc6c6ccccc65)c4)cc3)c3ccc(-c4ccc5ccccc5c4)cc3)c2)cc1. The van der Waals surface area contributed by atoms with Crippen LogP contribution in [0.2, 0.25) is 0 Å². The average molecular weight is 689 g/mol. The minimum Gasteiger partial charge on any atom is -0.310 e. The predicted octanol–water partition coefficient (Wildman–Crippen LogP) is 14.4. The monoisotopic (exact) mass is 688 g/mol. The van der Waals surface area contributed by atoms with Crippen molar-refractivity contribution in [2.45, 2.75) is 0 Å². The number of para-hydroxylation sites is 2. The molecule has 0 aliphatic carbocycles. The molecule has 0 aliphatic heterocycles. The largest absolute Gasteiger partial charge is 0.310 e. The Labute approximate surface area is 315 Å². The minimum atomic E-state index is 1.10. The van der Waals surface area contributed by atoms with Gasteiger partial charge in [-0.3, -0.25) is 0 Å². The maximum atomic E-state index is 2.38. The molecule has 0 amide bonds. The van der Waals surface area contributed by atoms with Gasteiger partial charge in [0.1, 0.15) is 0 Å². The molecule has 54 heavy (non-hydrogen) atoms. The quantitative estimate of drug-likeness (QED) is 0.162. The van der Waals surface area contributed by atoms with E-state index in [-0.39, 0.29) is 0 Å². The Morgan fingerprint density at radius 2 is 0.759 bits per heavy atom. The van der Waals surface area contributed by atoms with E-state index in [0.29, 0.717) is 0 Å². The minimum absolute atomic E-state index is 1.10. The molecule has 1 aromatic heterocycles. The van der Waals surface area contributed by atoms with Crippen LogP contribution in [0.1, 0.15) is 0 Å². The molecule has 0 saturated carbocycles. The number of rotatable bonds is 7. The van der Waals surface area contributed by atoms with Gasteiger partial charge in [-0.05, 0) is 111 Å². The molecule has 0 fully saturated rings. The standard InChI is InChI=1S/C52H36N2/c1-2-12-37(13-3-1)42-16-10-18-47(35-42)53(46-32-28-40(29-33-46)44-25-24-38-14-4-5-15-41(38)34-44)45-30-26-39(27-31-45)43-17-11-19-48(36-43)54-51-22-8-6-20-49(51)50-21-7-9-23-52(50)54/h1-36H. The van der Waals surface area contributed by atoms with Crippen molar-refractivity contribution in [3.8, 4) is 39.1 Å². The average Bonchev–Trinajstić information content (AvgIpc) is 3.59. The van der Waals surface area contributed by atoms with Gasteiger partial charge in [-0.25, -0.2) is 0 Å². The summed E-state index contributed by atoms with van der Waals surface area (Å²) >= 11 is 0. The number of anilines is 3. The normalized spacial score (nSPS) is 11.3. The Kier molecular flexibility index (Phi) is 7.85. The first-order valence-corrected chi connectivity index (χ1v) is 18.5. The summed E-state index contributed by atoms with van der Waals surface area (Å²) in [5, 5.41) is 5.04. The molecule has 0 radical (unpaired) electrons. The van der Waals surface area contributed by atoms with E-state index in [9.17, 15) is 0 Å². The zero-order valence-electron chi connectivity index (χ0n) is 29.7. The highest BCUT2D eigenvalue weighted by Crippen LogP contribution is 2.39. The smallest absolute Gasteiger partial charge is 0.0541 e. The molecule has 0 N–H and O–H groups in total. The summed E-state index contributed by atoms with van der Waals surface area (Å²) in [4.78, 5) is 2.36. The first kappa shape index (κ1) is 31.6. The number of benzene rings is 9. The van der Waals surface area contributed by atoms with Gasteiger partial charge in [0.25, 0.3) is 0 Å². The zero-order chi connectivity index (χ0) is 35.8. The van der Waals surface area contributed by atoms with Crippen molar-refractivity contribution in [1.82, 2.24) is 4.57 Å². The van der Waals surface area contributed by atoms with Crippen molar-refractivity contribution in [3.63, 3.8) is 0 Å². The van der Waals surface area contributed by atoms with Crippen molar-refractivity contribution in [2.24, 2.45) is 0 Å². The van der Waals surface area contributed by atoms with E-state index in [4.69, 9.17) is 0 Å². The third-order valence-corrected chi connectivity index (χ3v) is 10.6. The van der Waals surface area contributed by atoms with E-state index in [2.05, 4.69) is 228 Å². The first-order chi connectivity index (χ1) is 26.8. The van der Waals surface area contributed by atoms with Crippen LogP contribution in [0.15, 0.2) is 218 Å². The van der Waals surface area contributed by atoms with Crippen LogP contribution < -0.4 is 4.90 Å². The predicted molar refractivity (Wildman–Crippen MR) is 229 cm³/mol. The molecule has 2 nitrogen and oxygen atoms in total. The van der Waals surface area contributed by atoms with Crippen molar-refractivity contribution >= 4 is 49.6 Å². The molecule has 0 spiro atoms. The molecule has 0 saturated heterocycles. The lowest BCUT2D eigenvalue weighted by molar-refractivity contribution is 1.18. The van der Waals surface area contributed by atoms with E-state index in [1.54, 1.807) is 0 Å². The van der Waals surface area contributed by atoms with Crippen molar-refractivity contribution in [1.29, 1.82) is 0 Å². The molecule has 0 aliphatic rings. The zero-order valence-corrected chi connectivity index (χ0v) is 29.7. The van der Waals surface area contributed by atoms with Gasteiger partial charge in [0.2, 0.25) is 0 Å². The molecule has 0 bridgehead atoms. The Morgan fingerprint density at radius 1 is 0.278 bits per heavy atom. The third kappa shape index (κ3) is 5.71. The van der Waals surface area contributed by atoms with Gasteiger partial charge in [0.05, 0.1) is 11.0 Å². The fourth-order valence-electron chi connectivity index (χ4n) is 7.90. The molecular weight excluding hydrogens is 653 g/mol. The van der Waals surface area contributed by atoms with E-state index >= 15 is 0 Å². The van der Waals surface area contributed by atoms with E-state index in [0.717, 1.165) is 22.7 Å². The summed E-state index contributed by atoms with van der Waals surface area (Å²) in [5.41, 5.74) is 14.0. The van der Waals surface area contributed by atoms with Gasteiger partial charge < -0.3 is 9.47 Å². The van der Waals surface area contributed by atoms with Crippen molar-refractivity contribution in [2.75, 3.05) is 4.90 Å². The molecule has 0 atom stereocenters. The highest BCUT2D eigenvalue weighted by molar-refractivity contribution is 6.09. The summed E-state index contributed by atoms with van der Waals surface area (Å²) in [6.45, 7) is 0. The maximum absolute atomic E-state index is 2.38. The van der Waals surface area contributed by atoms with Crippen LogP contribution in [0.4, 0.5) is 17.1 Å². The summed E-state index contributed by atoms with van der Waals surface area (Å²) in [5.74, 6) is 0. The summed E-state index contributed by atoms with van der Waals surface area (Å²) in [6, 6.07) is 78.9. The number of aromatic nitrogens is 1. The fraction of sp³-hybridized carbons (Fsp3) is 0. The summed E-state index contributed by atoms with van der Waals surface area (Å²) in [6.07, 6.45) is 0. The van der Waals surface area contributed by atoms with Crippen LogP contribution in [-0.2, 0) is 0 Å². The van der Waals surface area contributed by atoms with Gasteiger partial charge in [-0.15, -0.1) is 0 Å². The molecular formula is C52H36N2. The lowest BCUT2D eigenvalue weighted by atomic mass is 10.0. The second-order valence-corrected chi connectivity index (χ2v) is 13.8. The number of nitrogens with zero attached hydrogens (tertiary/aromatic N) is 2. The van der Waals surface area contributed by atoms with Gasteiger partial charge >= 0.3 is 0 Å². The Hall–Kier alpha value is -7.16. The van der Waals surface area contributed by atoms with E-state index < -0.39 is 0 Å². The Balaban J connectivity index is 1.04. The highest BCUT2D eigenvalue weighted by Gasteiger charge is 2.16. The summed E-state index contributed by atoms with van der Waals surface area (Å²) < 4.78 is 2.38. The lowest BCUT2D eigenvalue weighted by Crippen LogP contribution is -2.10. The second kappa shape index (κ2) is 13.4. The number of hydrogen-bond acceptors (Lipinski definition) is 1. The van der Waals surface area contributed by atoms with Crippen LogP contribution in [0.25, 0.3) is 71.6 Å². The van der Waals surface area contributed by atoms with Gasteiger partial charge in [0.15, 0.2) is 0 Å². The van der Waals surface area contributed by atoms with Crippen LogP contribution >= 0.6 is 0 Å². The van der Waals surface area contributed by atoms with Crippen molar-refractivity contribution < 1.29 is 0 Å². The second-order valence-electron chi connectivity index (χ2n) is 13.8.